The lowest BCUT2D eigenvalue weighted by Crippen LogP contribution is -2.38. The lowest BCUT2D eigenvalue weighted by atomic mass is 9.95. The first-order valence-electron chi connectivity index (χ1n) is 7.75. The largest absolute Gasteiger partial charge is 0.329 e. The van der Waals surface area contributed by atoms with Crippen LogP contribution in [0.5, 0.6) is 0 Å². The van der Waals surface area contributed by atoms with Crippen LogP contribution in [0.4, 0.5) is 0 Å². The summed E-state index contributed by atoms with van der Waals surface area (Å²) in [7, 11) is 4.44. The third-order valence-electron chi connectivity index (χ3n) is 4.60. The molecule has 0 radical (unpaired) electrons. The highest BCUT2D eigenvalue weighted by atomic mass is 15.1. The fraction of sp³-hybridized carbons (Fsp3) is 0.647. The SMILES string of the molecule is Cc1ccc(C(CN)N(C)CC2CCN(C)CC2)cc1. The van der Waals surface area contributed by atoms with E-state index in [1.54, 1.807) is 0 Å². The molecule has 1 aromatic rings. The van der Waals surface area contributed by atoms with Gasteiger partial charge in [-0.2, -0.15) is 0 Å². The summed E-state index contributed by atoms with van der Waals surface area (Å²) in [4.78, 5) is 4.87. The zero-order valence-electron chi connectivity index (χ0n) is 13.2. The number of nitrogens with two attached hydrogens (primary N) is 1. The molecule has 0 saturated carbocycles. The van der Waals surface area contributed by atoms with Crippen molar-refractivity contribution in [3.63, 3.8) is 0 Å². The Kier molecular flexibility index (Phi) is 5.58. The Morgan fingerprint density at radius 1 is 1.25 bits per heavy atom. The average Bonchev–Trinajstić information content (AvgIpc) is 2.44. The molecule has 0 spiro atoms. The number of hydrogen-bond acceptors (Lipinski definition) is 3. The van der Waals surface area contributed by atoms with Crippen LogP contribution in [0.3, 0.4) is 0 Å². The van der Waals surface area contributed by atoms with Crippen LogP contribution in [0.2, 0.25) is 0 Å². The maximum atomic E-state index is 6.02. The van der Waals surface area contributed by atoms with Gasteiger partial charge in [-0.25, -0.2) is 0 Å². The highest BCUT2D eigenvalue weighted by Gasteiger charge is 2.22. The molecular weight excluding hydrogens is 246 g/mol. The highest BCUT2D eigenvalue weighted by molar-refractivity contribution is 5.24. The topological polar surface area (TPSA) is 32.5 Å². The fourth-order valence-electron chi connectivity index (χ4n) is 3.14. The molecule has 3 heteroatoms. The van der Waals surface area contributed by atoms with E-state index in [-0.39, 0.29) is 0 Å². The Morgan fingerprint density at radius 2 is 1.85 bits per heavy atom. The molecule has 0 amide bonds. The van der Waals surface area contributed by atoms with Gasteiger partial charge < -0.3 is 10.6 Å². The number of benzene rings is 1. The summed E-state index contributed by atoms with van der Waals surface area (Å²) in [5, 5.41) is 0. The first-order chi connectivity index (χ1) is 9.60. The second-order valence-corrected chi connectivity index (χ2v) is 6.35. The summed E-state index contributed by atoms with van der Waals surface area (Å²) in [5.74, 6) is 0.815. The van der Waals surface area contributed by atoms with Gasteiger partial charge >= 0.3 is 0 Å². The number of nitrogens with zero attached hydrogens (tertiary/aromatic N) is 2. The summed E-state index contributed by atoms with van der Waals surface area (Å²) < 4.78 is 0. The maximum absolute atomic E-state index is 6.02. The van der Waals surface area contributed by atoms with Crippen molar-refractivity contribution in [1.29, 1.82) is 0 Å². The van der Waals surface area contributed by atoms with Crippen LogP contribution in [0.15, 0.2) is 24.3 Å². The molecule has 0 aliphatic carbocycles. The Bertz CT molecular complexity index is 393. The smallest absolute Gasteiger partial charge is 0.0467 e. The van der Waals surface area contributed by atoms with Crippen molar-refractivity contribution in [3.05, 3.63) is 35.4 Å². The predicted octanol–water partition coefficient (Wildman–Crippen LogP) is 2.27. The number of likely N-dealkylation sites (N-methyl/N-ethyl adjacent to an activating group) is 1. The Morgan fingerprint density at radius 3 is 2.40 bits per heavy atom. The van der Waals surface area contributed by atoms with Crippen LogP contribution in [-0.4, -0.2) is 50.1 Å². The summed E-state index contributed by atoms with van der Waals surface area (Å²) >= 11 is 0. The zero-order chi connectivity index (χ0) is 14.5. The Labute approximate surface area is 123 Å². The van der Waals surface area contributed by atoms with Crippen molar-refractivity contribution in [3.8, 4) is 0 Å². The number of piperidine rings is 1. The quantitative estimate of drug-likeness (QED) is 0.895. The molecular formula is C17H29N3. The van der Waals surface area contributed by atoms with Crippen LogP contribution in [0.25, 0.3) is 0 Å². The van der Waals surface area contributed by atoms with E-state index in [1.807, 2.05) is 0 Å². The van der Waals surface area contributed by atoms with E-state index >= 15 is 0 Å². The number of rotatable bonds is 5. The predicted molar refractivity (Wildman–Crippen MR) is 85.8 cm³/mol. The molecule has 1 aromatic carbocycles. The molecule has 1 aliphatic heterocycles. The van der Waals surface area contributed by atoms with Gasteiger partial charge in [-0.15, -0.1) is 0 Å². The van der Waals surface area contributed by atoms with E-state index < -0.39 is 0 Å². The molecule has 1 aliphatic rings. The molecule has 112 valence electrons. The van der Waals surface area contributed by atoms with Gasteiger partial charge in [-0.05, 0) is 58.4 Å². The first kappa shape index (κ1) is 15.5. The lowest BCUT2D eigenvalue weighted by Gasteiger charge is -2.35. The molecule has 3 nitrogen and oxygen atoms in total. The Hall–Kier alpha value is -0.900. The molecule has 1 fully saturated rings. The normalized spacial score (nSPS) is 19.4. The highest BCUT2D eigenvalue weighted by Crippen LogP contribution is 2.23. The monoisotopic (exact) mass is 275 g/mol. The third kappa shape index (κ3) is 4.05. The molecule has 1 unspecified atom stereocenters. The van der Waals surface area contributed by atoms with E-state index in [0.29, 0.717) is 12.6 Å². The van der Waals surface area contributed by atoms with Crippen molar-refractivity contribution < 1.29 is 0 Å². The summed E-state index contributed by atoms with van der Waals surface area (Å²) in [5.41, 5.74) is 8.67. The molecule has 20 heavy (non-hydrogen) atoms. The molecule has 1 saturated heterocycles. The third-order valence-corrected chi connectivity index (χ3v) is 4.60. The molecule has 0 bridgehead atoms. The van der Waals surface area contributed by atoms with Crippen LogP contribution in [0, 0.1) is 12.8 Å². The number of aryl methyl sites for hydroxylation is 1. The van der Waals surface area contributed by atoms with Crippen LogP contribution in [-0.2, 0) is 0 Å². The van der Waals surface area contributed by atoms with Crippen molar-refractivity contribution in [2.75, 3.05) is 40.3 Å². The minimum atomic E-state index is 0.343. The minimum Gasteiger partial charge on any atom is -0.329 e. The van der Waals surface area contributed by atoms with Gasteiger partial charge in [0.1, 0.15) is 0 Å². The summed E-state index contributed by atoms with van der Waals surface area (Å²) in [6.07, 6.45) is 2.62. The van der Waals surface area contributed by atoms with Gasteiger partial charge in [-0.1, -0.05) is 29.8 Å². The zero-order valence-corrected chi connectivity index (χ0v) is 13.2. The van der Waals surface area contributed by atoms with Gasteiger partial charge in [0, 0.05) is 19.1 Å². The second kappa shape index (κ2) is 7.21. The molecule has 0 aromatic heterocycles. The van der Waals surface area contributed by atoms with Crippen molar-refractivity contribution in [2.24, 2.45) is 11.7 Å². The molecule has 2 rings (SSSR count). The second-order valence-electron chi connectivity index (χ2n) is 6.35. The fourth-order valence-corrected chi connectivity index (χ4v) is 3.14. The standard InChI is InChI=1S/C17H29N3/c1-14-4-6-16(7-5-14)17(12-18)20(3)13-15-8-10-19(2)11-9-15/h4-7,15,17H,8-13,18H2,1-3H3. The molecule has 2 N–H and O–H groups in total. The number of hydrogen-bond donors (Lipinski definition) is 1. The van der Waals surface area contributed by atoms with Crippen LogP contribution in [0.1, 0.15) is 30.0 Å². The van der Waals surface area contributed by atoms with E-state index in [9.17, 15) is 0 Å². The van der Waals surface area contributed by atoms with Crippen LogP contribution >= 0.6 is 0 Å². The molecule has 1 atom stereocenters. The van der Waals surface area contributed by atoms with Gasteiger partial charge in [0.25, 0.3) is 0 Å². The van der Waals surface area contributed by atoms with Crippen LogP contribution < -0.4 is 5.73 Å². The van der Waals surface area contributed by atoms with E-state index in [1.165, 1.54) is 37.1 Å². The van der Waals surface area contributed by atoms with Gasteiger partial charge in [-0.3, -0.25) is 4.90 Å². The van der Waals surface area contributed by atoms with Crippen molar-refractivity contribution in [1.82, 2.24) is 9.80 Å². The maximum Gasteiger partial charge on any atom is 0.0467 e. The van der Waals surface area contributed by atoms with Gasteiger partial charge in [0.2, 0.25) is 0 Å². The number of likely N-dealkylation sites (tertiary alicyclic amines) is 1. The Balaban J connectivity index is 1.95. The average molecular weight is 275 g/mol. The van der Waals surface area contributed by atoms with E-state index in [4.69, 9.17) is 5.73 Å². The van der Waals surface area contributed by atoms with Gasteiger partial charge in [0.05, 0.1) is 0 Å². The van der Waals surface area contributed by atoms with Gasteiger partial charge in [0.15, 0.2) is 0 Å². The molecule has 1 heterocycles. The summed E-state index contributed by atoms with van der Waals surface area (Å²) in [6, 6.07) is 9.15. The van der Waals surface area contributed by atoms with E-state index in [0.717, 1.165) is 12.5 Å². The van der Waals surface area contributed by atoms with Crippen molar-refractivity contribution in [2.45, 2.75) is 25.8 Å². The van der Waals surface area contributed by atoms with E-state index in [2.05, 4.69) is 55.1 Å². The minimum absolute atomic E-state index is 0.343. The lowest BCUT2D eigenvalue weighted by molar-refractivity contribution is 0.151. The van der Waals surface area contributed by atoms with Crippen molar-refractivity contribution >= 4 is 0 Å². The first-order valence-corrected chi connectivity index (χ1v) is 7.75. The summed E-state index contributed by atoms with van der Waals surface area (Å²) in [6.45, 7) is 6.44.